The first-order chi connectivity index (χ1) is 11.2. The molecule has 23 heavy (non-hydrogen) atoms. The van der Waals surface area contributed by atoms with Crippen LogP contribution in [0.15, 0.2) is 18.2 Å². The van der Waals surface area contributed by atoms with Gasteiger partial charge in [-0.1, -0.05) is 6.92 Å². The Bertz CT molecular complexity index is 749. The van der Waals surface area contributed by atoms with Crippen LogP contribution in [0.2, 0.25) is 0 Å². The van der Waals surface area contributed by atoms with E-state index < -0.39 is 0 Å². The van der Waals surface area contributed by atoms with E-state index in [2.05, 4.69) is 4.98 Å². The highest BCUT2D eigenvalue weighted by Crippen LogP contribution is 2.29. The van der Waals surface area contributed by atoms with Crippen molar-refractivity contribution in [3.05, 3.63) is 40.8 Å². The van der Waals surface area contributed by atoms with E-state index in [0.717, 1.165) is 11.5 Å². The van der Waals surface area contributed by atoms with E-state index in [1.165, 1.54) is 6.07 Å². The zero-order chi connectivity index (χ0) is 16.8. The summed E-state index contributed by atoms with van der Waals surface area (Å²) in [6.45, 7) is 4.62. The lowest BCUT2D eigenvalue weighted by molar-refractivity contribution is 0.293. The molecule has 1 heterocycles. The fraction of sp³-hybridized carbons (Fsp3) is 0.353. The van der Waals surface area contributed by atoms with Crippen LogP contribution in [0, 0.1) is 22.7 Å². The number of aliphatic hydroxyl groups is 1. The fourth-order valence-corrected chi connectivity index (χ4v) is 2.40. The summed E-state index contributed by atoms with van der Waals surface area (Å²) in [5.74, 6) is 1.79. The Labute approximate surface area is 135 Å². The SMILES string of the molecule is CCc1nc(CCO)n(CC)c1Oc1cc(C#N)cc(C#N)c1. The molecule has 1 N–H and O–H groups in total. The quantitative estimate of drug-likeness (QED) is 0.884. The van der Waals surface area contributed by atoms with Gasteiger partial charge in [0.05, 0.1) is 29.9 Å². The van der Waals surface area contributed by atoms with E-state index in [0.29, 0.717) is 42.1 Å². The van der Waals surface area contributed by atoms with Gasteiger partial charge in [0.15, 0.2) is 0 Å². The molecule has 0 spiro atoms. The van der Waals surface area contributed by atoms with E-state index in [1.807, 2.05) is 30.6 Å². The number of aliphatic hydroxyl groups excluding tert-OH is 1. The van der Waals surface area contributed by atoms with Crippen LogP contribution >= 0.6 is 0 Å². The molecule has 1 aromatic carbocycles. The molecule has 2 aromatic rings. The average Bonchev–Trinajstić information content (AvgIpc) is 2.91. The van der Waals surface area contributed by atoms with Crippen LogP contribution in [0.25, 0.3) is 0 Å². The number of ether oxygens (including phenoxy) is 1. The van der Waals surface area contributed by atoms with Gasteiger partial charge in [0, 0.05) is 13.0 Å². The van der Waals surface area contributed by atoms with Crippen LogP contribution in [0.1, 0.15) is 36.5 Å². The second-order valence-electron chi connectivity index (χ2n) is 4.92. The number of aromatic nitrogens is 2. The number of hydrogen-bond acceptors (Lipinski definition) is 5. The van der Waals surface area contributed by atoms with Gasteiger partial charge in [-0.05, 0) is 31.5 Å². The second-order valence-corrected chi connectivity index (χ2v) is 4.92. The Morgan fingerprint density at radius 1 is 1.17 bits per heavy atom. The van der Waals surface area contributed by atoms with Gasteiger partial charge in [-0.2, -0.15) is 10.5 Å². The molecule has 0 aliphatic carbocycles. The standard InChI is InChI=1S/C17H18N4O2/c1-3-15-17(21(4-2)16(20-15)5-6-22)23-14-8-12(10-18)7-13(9-14)11-19/h7-9,22H,3-6H2,1-2H3. The third-order valence-corrected chi connectivity index (χ3v) is 3.43. The summed E-state index contributed by atoms with van der Waals surface area (Å²) in [5, 5.41) is 27.3. The summed E-state index contributed by atoms with van der Waals surface area (Å²) in [7, 11) is 0. The third kappa shape index (κ3) is 3.50. The van der Waals surface area contributed by atoms with Crippen LogP contribution in [0.4, 0.5) is 0 Å². The number of rotatable bonds is 6. The summed E-state index contributed by atoms with van der Waals surface area (Å²) >= 11 is 0. The van der Waals surface area contributed by atoms with Gasteiger partial charge >= 0.3 is 0 Å². The Morgan fingerprint density at radius 2 is 1.83 bits per heavy atom. The van der Waals surface area contributed by atoms with Crippen molar-refractivity contribution in [3.8, 4) is 23.8 Å². The summed E-state index contributed by atoms with van der Waals surface area (Å²) in [6, 6.07) is 8.76. The minimum Gasteiger partial charge on any atom is -0.439 e. The fourth-order valence-electron chi connectivity index (χ4n) is 2.40. The normalized spacial score (nSPS) is 10.1. The minimum atomic E-state index is 0.0160. The molecule has 6 nitrogen and oxygen atoms in total. The molecule has 0 bridgehead atoms. The highest BCUT2D eigenvalue weighted by atomic mass is 16.5. The van der Waals surface area contributed by atoms with E-state index >= 15 is 0 Å². The number of nitriles is 2. The van der Waals surface area contributed by atoms with Gasteiger partial charge in [-0.3, -0.25) is 4.57 Å². The van der Waals surface area contributed by atoms with Crippen molar-refractivity contribution in [2.24, 2.45) is 0 Å². The maximum absolute atomic E-state index is 9.17. The predicted octanol–water partition coefficient (Wildman–Crippen LogP) is 2.54. The Hall–Kier alpha value is -2.83. The second kappa shape index (κ2) is 7.44. The Morgan fingerprint density at radius 3 is 2.30 bits per heavy atom. The van der Waals surface area contributed by atoms with Crippen LogP contribution in [-0.4, -0.2) is 21.3 Å². The van der Waals surface area contributed by atoms with E-state index in [1.54, 1.807) is 12.1 Å². The average molecular weight is 310 g/mol. The number of hydrogen-bond donors (Lipinski definition) is 1. The molecule has 0 unspecified atom stereocenters. The highest BCUT2D eigenvalue weighted by Gasteiger charge is 2.17. The first-order valence-electron chi connectivity index (χ1n) is 7.49. The molecule has 0 fully saturated rings. The molecule has 0 atom stereocenters. The zero-order valence-corrected chi connectivity index (χ0v) is 13.2. The molecular weight excluding hydrogens is 292 g/mol. The molecule has 0 aliphatic heterocycles. The number of benzene rings is 1. The molecular formula is C17H18N4O2. The van der Waals surface area contributed by atoms with Crippen LogP contribution < -0.4 is 4.74 Å². The van der Waals surface area contributed by atoms with Gasteiger partial charge in [-0.25, -0.2) is 4.98 Å². The zero-order valence-electron chi connectivity index (χ0n) is 13.2. The van der Waals surface area contributed by atoms with Gasteiger partial charge in [0.1, 0.15) is 17.3 Å². The maximum Gasteiger partial charge on any atom is 0.223 e. The van der Waals surface area contributed by atoms with Crippen molar-refractivity contribution in [1.29, 1.82) is 10.5 Å². The summed E-state index contributed by atoms with van der Waals surface area (Å²) < 4.78 is 7.85. The van der Waals surface area contributed by atoms with Gasteiger partial charge in [0.25, 0.3) is 0 Å². The van der Waals surface area contributed by atoms with Gasteiger partial charge < -0.3 is 9.84 Å². The summed E-state index contributed by atoms with van der Waals surface area (Å²) in [5.41, 5.74) is 1.53. The smallest absolute Gasteiger partial charge is 0.223 e. The molecule has 0 saturated heterocycles. The lowest BCUT2D eigenvalue weighted by Gasteiger charge is -2.11. The highest BCUT2D eigenvalue weighted by molar-refractivity contribution is 5.46. The molecule has 0 amide bonds. The van der Waals surface area contributed by atoms with E-state index in [4.69, 9.17) is 15.3 Å². The Kier molecular flexibility index (Phi) is 5.35. The Balaban J connectivity index is 2.47. The largest absolute Gasteiger partial charge is 0.439 e. The van der Waals surface area contributed by atoms with Gasteiger partial charge in [-0.15, -0.1) is 0 Å². The number of nitrogens with zero attached hydrogens (tertiary/aromatic N) is 4. The molecule has 0 aliphatic rings. The summed E-state index contributed by atoms with van der Waals surface area (Å²) in [6.07, 6.45) is 1.13. The number of aryl methyl sites for hydroxylation is 1. The first-order valence-corrected chi connectivity index (χ1v) is 7.49. The van der Waals surface area contributed by atoms with Crippen LogP contribution in [0.5, 0.6) is 11.6 Å². The van der Waals surface area contributed by atoms with Crippen LogP contribution in [0.3, 0.4) is 0 Å². The number of imidazole rings is 1. The van der Waals surface area contributed by atoms with Crippen molar-refractivity contribution in [3.63, 3.8) is 0 Å². The molecule has 6 heteroatoms. The summed E-state index contributed by atoms with van der Waals surface area (Å²) in [4.78, 5) is 4.52. The lowest BCUT2D eigenvalue weighted by Crippen LogP contribution is -2.05. The van der Waals surface area contributed by atoms with Crippen molar-refractivity contribution in [1.82, 2.24) is 9.55 Å². The molecule has 118 valence electrons. The van der Waals surface area contributed by atoms with Gasteiger partial charge in [0.2, 0.25) is 5.88 Å². The predicted molar refractivity (Wildman–Crippen MR) is 84.0 cm³/mol. The third-order valence-electron chi connectivity index (χ3n) is 3.43. The topological polar surface area (TPSA) is 94.9 Å². The maximum atomic E-state index is 9.17. The van der Waals surface area contributed by atoms with E-state index in [9.17, 15) is 5.11 Å². The van der Waals surface area contributed by atoms with Crippen LogP contribution in [-0.2, 0) is 19.4 Å². The van der Waals surface area contributed by atoms with Crippen molar-refractivity contribution < 1.29 is 9.84 Å². The lowest BCUT2D eigenvalue weighted by atomic mass is 10.1. The molecule has 1 aromatic heterocycles. The molecule has 2 rings (SSSR count). The van der Waals surface area contributed by atoms with Crippen molar-refractivity contribution in [2.45, 2.75) is 33.2 Å². The van der Waals surface area contributed by atoms with E-state index in [-0.39, 0.29) is 6.61 Å². The first kappa shape index (κ1) is 16.5. The van der Waals surface area contributed by atoms with Crippen molar-refractivity contribution >= 4 is 0 Å². The molecule has 0 radical (unpaired) electrons. The molecule has 0 saturated carbocycles. The minimum absolute atomic E-state index is 0.0160. The van der Waals surface area contributed by atoms with Crippen molar-refractivity contribution in [2.75, 3.05) is 6.61 Å². The monoisotopic (exact) mass is 310 g/mol.